The van der Waals surface area contributed by atoms with Crippen LogP contribution in [-0.2, 0) is 0 Å². The van der Waals surface area contributed by atoms with E-state index in [4.69, 9.17) is 16.3 Å². The van der Waals surface area contributed by atoms with Gasteiger partial charge in [-0.3, -0.25) is 14.9 Å². The first-order valence-electron chi connectivity index (χ1n) is 5.03. The number of nitro benzene ring substituents is 1. The monoisotopic (exact) mass is 257 g/mol. The van der Waals surface area contributed by atoms with Crippen LogP contribution in [-0.4, -0.2) is 16.8 Å². The Balaban J connectivity index is 3.04. The second kappa shape index (κ2) is 5.63. The Morgan fingerprint density at radius 2 is 2.18 bits per heavy atom. The molecule has 0 aromatic heterocycles. The summed E-state index contributed by atoms with van der Waals surface area (Å²) in [5.74, 6) is 0.398. The third-order valence-corrected chi connectivity index (χ3v) is 2.17. The van der Waals surface area contributed by atoms with Crippen molar-refractivity contribution < 1.29 is 14.5 Å². The van der Waals surface area contributed by atoms with Gasteiger partial charge in [0.2, 0.25) is 0 Å². The Bertz CT molecular complexity index is 445. The number of carbonyl (C=O) groups excluding carboxylic acids is 1. The van der Waals surface area contributed by atoms with Crippen LogP contribution in [0.3, 0.4) is 0 Å². The van der Waals surface area contributed by atoms with Crippen molar-refractivity contribution >= 4 is 22.5 Å². The molecule has 1 rings (SSSR count). The van der Waals surface area contributed by atoms with Crippen LogP contribution in [0.15, 0.2) is 18.2 Å². The average Bonchev–Trinajstić information content (AvgIpc) is 2.25. The summed E-state index contributed by atoms with van der Waals surface area (Å²) in [7, 11) is 0. The van der Waals surface area contributed by atoms with Gasteiger partial charge in [-0.05, 0) is 29.7 Å². The molecule has 92 valence electrons. The van der Waals surface area contributed by atoms with Gasteiger partial charge >= 0.3 is 5.69 Å². The molecule has 0 saturated heterocycles. The summed E-state index contributed by atoms with van der Waals surface area (Å²) in [5.41, 5.74) is -0.174. The zero-order valence-corrected chi connectivity index (χ0v) is 10.2. The lowest BCUT2D eigenvalue weighted by atomic mass is 10.2. The van der Waals surface area contributed by atoms with E-state index in [1.165, 1.54) is 12.1 Å². The number of carbonyl (C=O) groups is 1. The van der Waals surface area contributed by atoms with E-state index >= 15 is 0 Å². The number of rotatable bonds is 5. The zero-order chi connectivity index (χ0) is 13.0. The molecule has 0 radical (unpaired) electrons. The van der Waals surface area contributed by atoms with Crippen LogP contribution in [0.4, 0.5) is 5.69 Å². The molecule has 5 nitrogen and oxygen atoms in total. The van der Waals surface area contributed by atoms with E-state index in [9.17, 15) is 14.9 Å². The highest BCUT2D eigenvalue weighted by molar-refractivity contribution is 6.67. The molecule has 0 atom stereocenters. The quantitative estimate of drug-likeness (QED) is 0.462. The van der Waals surface area contributed by atoms with Crippen LogP contribution in [0.2, 0.25) is 0 Å². The van der Waals surface area contributed by atoms with E-state index in [0.29, 0.717) is 6.61 Å². The number of nitro groups is 1. The fourth-order valence-corrected chi connectivity index (χ4v) is 1.28. The van der Waals surface area contributed by atoms with Crippen LogP contribution >= 0.6 is 11.6 Å². The Labute approximate surface area is 103 Å². The fourth-order valence-electron chi connectivity index (χ4n) is 1.16. The Hall–Kier alpha value is -1.62. The number of halogens is 1. The lowest BCUT2D eigenvalue weighted by Crippen LogP contribution is -2.06. The molecule has 0 amide bonds. The second-order valence-corrected chi connectivity index (χ2v) is 4.26. The van der Waals surface area contributed by atoms with Gasteiger partial charge in [0.25, 0.3) is 5.24 Å². The van der Waals surface area contributed by atoms with E-state index in [2.05, 4.69) is 0 Å². The maximum atomic E-state index is 10.9. The number of hydrogen-bond donors (Lipinski definition) is 0. The van der Waals surface area contributed by atoms with Gasteiger partial charge in [0.05, 0.1) is 11.5 Å². The highest BCUT2D eigenvalue weighted by atomic mass is 35.5. The summed E-state index contributed by atoms with van der Waals surface area (Å²) in [6.07, 6.45) is 0. The highest BCUT2D eigenvalue weighted by Gasteiger charge is 2.18. The third-order valence-electron chi connectivity index (χ3n) is 1.95. The van der Waals surface area contributed by atoms with Gasteiger partial charge in [-0.2, -0.15) is 0 Å². The molecule has 0 aliphatic heterocycles. The molecule has 0 spiro atoms. The maximum absolute atomic E-state index is 10.9. The van der Waals surface area contributed by atoms with Crippen molar-refractivity contribution in [1.29, 1.82) is 0 Å². The molecule has 0 fully saturated rings. The normalized spacial score (nSPS) is 10.4. The summed E-state index contributed by atoms with van der Waals surface area (Å²) < 4.78 is 5.30. The van der Waals surface area contributed by atoms with Crippen LogP contribution < -0.4 is 4.74 Å². The lowest BCUT2D eigenvalue weighted by Gasteiger charge is -2.09. The molecule has 0 unspecified atom stereocenters. The van der Waals surface area contributed by atoms with E-state index in [1.54, 1.807) is 0 Å². The van der Waals surface area contributed by atoms with Crippen LogP contribution in [0.25, 0.3) is 0 Å². The molecule has 0 aliphatic rings. The number of ether oxygens (including phenoxy) is 1. The first-order valence-corrected chi connectivity index (χ1v) is 5.40. The fraction of sp³-hybridized carbons (Fsp3) is 0.364. The van der Waals surface area contributed by atoms with E-state index in [0.717, 1.165) is 6.07 Å². The van der Waals surface area contributed by atoms with E-state index < -0.39 is 10.2 Å². The van der Waals surface area contributed by atoms with Crippen LogP contribution in [0, 0.1) is 16.0 Å². The van der Waals surface area contributed by atoms with Crippen LogP contribution in [0.5, 0.6) is 5.75 Å². The Morgan fingerprint density at radius 1 is 1.53 bits per heavy atom. The molecule has 6 heteroatoms. The van der Waals surface area contributed by atoms with Crippen molar-refractivity contribution in [3.05, 3.63) is 33.9 Å². The smallest absolute Gasteiger partial charge is 0.311 e. The van der Waals surface area contributed by atoms with Crippen molar-refractivity contribution in [3.8, 4) is 5.75 Å². The van der Waals surface area contributed by atoms with E-state index in [-0.39, 0.29) is 22.9 Å². The van der Waals surface area contributed by atoms with Gasteiger partial charge < -0.3 is 4.74 Å². The Kier molecular flexibility index (Phi) is 4.45. The summed E-state index contributed by atoms with van der Waals surface area (Å²) >= 11 is 5.26. The third kappa shape index (κ3) is 3.71. The topological polar surface area (TPSA) is 69.4 Å². The molecular weight excluding hydrogens is 246 g/mol. The summed E-state index contributed by atoms with van der Waals surface area (Å²) in [5, 5.41) is 10.1. The lowest BCUT2D eigenvalue weighted by molar-refractivity contribution is -0.385. The van der Waals surface area contributed by atoms with Crippen molar-refractivity contribution in [2.24, 2.45) is 5.92 Å². The first kappa shape index (κ1) is 13.4. The van der Waals surface area contributed by atoms with Gasteiger partial charge in [-0.25, -0.2) is 0 Å². The van der Waals surface area contributed by atoms with Gasteiger partial charge in [0.15, 0.2) is 5.75 Å². The van der Waals surface area contributed by atoms with Gasteiger partial charge in [-0.15, -0.1) is 0 Å². The molecule has 0 heterocycles. The van der Waals surface area contributed by atoms with E-state index in [1.807, 2.05) is 13.8 Å². The number of benzene rings is 1. The highest BCUT2D eigenvalue weighted by Crippen LogP contribution is 2.28. The number of nitrogens with zero attached hydrogens (tertiary/aromatic N) is 1. The van der Waals surface area contributed by atoms with Crippen molar-refractivity contribution in [2.45, 2.75) is 13.8 Å². The molecule has 17 heavy (non-hydrogen) atoms. The largest absolute Gasteiger partial charge is 0.487 e. The predicted octanol–water partition coefficient (Wildman–Crippen LogP) is 3.01. The molecule has 0 aliphatic carbocycles. The average molecular weight is 258 g/mol. The standard InChI is InChI=1S/C11H12ClNO4/c1-7(2)6-17-10-4-3-8(11(12)14)5-9(10)13(15)16/h3-5,7H,6H2,1-2H3. The molecular formula is C11H12ClNO4. The van der Waals surface area contributed by atoms with Crippen molar-refractivity contribution in [1.82, 2.24) is 0 Å². The van der Waals surface area contributed by atoms with Gasteiger partial charge in [0, 0.05) is 11.6 Å². The van der Waals surface area contributed by atoms with Gasteiger partial charge in [0.1, 0.15) is 0 Å². The molecule has 0 bridgehead atoms. The minimum Gasteiger partial charge on any atom is -0.487 e. The molecule has 0 N–H and O–H groups in total. The predicted molar refractivity (Wildman–Crippen MR) is 63.6 cm³/mol. The SMILES string of the molecule is CC(C)COc1ccc(C(=O)Cl)cc1[N+](=O)[O-]. The summed E-state index contributed by atoms with van der Waals surface area (Å²) in [6.45, 7) is 4.24. The van der Waals surface area contributed by atoms with Crippen molar-refractivity contribution in [2.75, 3.05) is 6.61 Å². The molecule has 1 aromatic rings. The second-order valence-electron chi connectivity index (χ2n) is 3.92. The molecule has 1 aromatic carbocycles. The molecule has 0 saturated carbocycles. The number of hydrogen-bond acceptors (Lipinski definition) is 4. The zero-order valence-electron chi connectivity index (χ0n) is 9.47. The van der Waals surface area contributed by atoms with Crippen LogP contribution in [0.1, 0.15) is 24.2 Å². The maximum Gasteiger partial charge on any atom is 0.311 e. The van der Waals surface area contributed by atoms with Gasteiger partial charge in [-0.1, -0.05) is 13.8 Å². The first-order chi connectivity index (χ1) is 7.91. The van der Waals surface area contributed by atoms with Crippen molar-refractivity contribution in [3.63, 3.8) is 0 Å². The Morgan fingerprint density at radius 3 is 2.65 bits per heavy atom. The minimum absolute atomic E-state index is 0.0789. The summed E-state index contributed by atoms with van der Waals surface area (Å²) in [6, 6.07) is 3.90. The minimum atomic E-state index is -0.733. The summed E-state index contributed by atoms with van der Waals surface area (Å²) in [4.78, 5) is 21.1.